The molecule has 0 aliphatic carbocycles. The van der Waals surface area contributed by atoms with Crippen molar-refractivity contribution in [2.45, 2.75) is 6.92 Å². The highest BCUT2D eigenvalue weighted by Crippen LogP contribution is 2.30. The van der Waals surface area contributed by atoms with Gasteiger partial charge in [0.25, 0.3) is 5.88 Å². The summed E-state index contributed by atoms with van der Waals surface area (Å²) < 4.78 is 21.5. The number of piperazine rings is 1. The lowest BCUT2D eigenvalue weighted by Crippen LogP contribution is -2.50. The van der Waals surface area contributed by atoms with E-state index in [9.17, 15) is 4.79 Å². The number of carbonyl (C=O) groups is 1. The van der Waals surface area contributed by atoms with Crippen LogP contribution in [0.2, 0.25) is 5.22 Å². The quantitative estimate of drug-likeness (QED) is 0.593. The minimum Gasteiger partial charge on any atom is -0.497 e. The second-order valence-electron chi connectivity index (χ2n) is 7.03. The molecule has 1 saturated heterocycles. The Morgan fingerprint density at radius 1 is 1.09 bits per heavy atom. The Bertz CT molecular complexity index is 1090. The van der Waals surface area contributed by atoms with E-state index in [1.54, 1.807) is 19.1 Å². The summed E-state index contributed by atoms with van der Waals surface area (Å²) in [6.07, 6.45) is 0. The Morgan fingerprint density at radius 2 is 1.78 bits per heavy atom. The van der Waals surface area contributed by atoms with E-state index in [0.717, 1.165) is 17.2 Å². The second-order valence-corrected chi connectivity index (χ2v) is 7.40. The van der Waals surface area contributed by atoms with E-state index in [-0.39, 0.29) is 28.7 Å². The van der Waals surface area contributed by atoms with Crippen LogP contribution in [0, 0.1) is 0 Å². The highest BCUT2D eigenvalue weighted by Gasteiger charge is 2.24. The zero-order valence-corrected chi connectivity index (χ0v) is 18.8. The van der Waals surface area contributed by atoms with Gasteiger partial charge in [0, 0.05) is 56.1 Å². The number of halogens is 1. The third kappa shape index (κ3) is 4.59. The van der Waals surface area contributed by atoms with Gasteiger partial charge in [-0.2, -0.15) is 4.98 Å². The summed E-state index contributed by atoms with van der Waals surface area (Å²) in [4.78, 5) is 25.4. The van der Waals surface area contributed by atoms with Crippen molar-refractivity contribution in [3.8, 4) is 17.4 Å². The van der Waals surface area contributed by atoms with Crippen LogP contribution in [0.25, 0.3) is 11.2 Å². The number of amides is 2. The SMILES string of the molecule is CCOc1nc2oc(Cl)cc2nc1NC(=O)N1CCN(c2cc(OC)cc(OC)c2)CC1. The first-order valence-electron chi connectivity index (χ1n) is 10.1. The van der Waals surface area contributed by atoms with Crippen LogP contribution >= 0.6 is 11.6 Å². The van der Waals surface area contributed by atoms with Crippen molar-refractivity contribution < 1.29 is 23.4 Å². The topological polar surface area (TPSA) is 102 Å². The van der Waals surface area contributed by atoms with E-state index in [1.165, 1.54) is 6.07 Å². The number of methoxy groups -OCH3 is 2. The molecule has 2 amide bonds. The predicted octanol–water partition coefficient (Wildman–Crippen LogP) is 3.65. The number of carbonyl (C=O) groups excluding carboxylic acids is 1. The molecule has 0 radical (unpaired) electrons. The third-order valence-electron chi connectivity index (χ3n) is 5.08. The van der Waals surface area contributed by atoms with E-state index in [4.69, 9.17) is 30.2 Å². The van der Waals surface area contributed by atoms with Gasteiger partial charge >= 0.3 is 6.03 Å². The molecule has 1 aliphatic heterocycles. The fourth-order valence-electron chi connectivity index (χ4n) is 3.46. The first kappa shape index (κ1) is 21.8. The number of anilines is 2. The van der Waals surface area contributed by atoms with Gasteiger partial charge in [0.1, 0.15) is 17.0 Å². The Balaban J connectivity index is 1.44. The average Bonchev–Trinajstić information content (AvgIpc) is 3.17. The van der Waals surface area contributed by atoms with Crippen molar-refractivity contribution in [1.29, 1.82) is 0 Å². The Hall–Kier alpha value is -3.40. The number of benzene rings is 1. The molecule has 0 unspecified atom stereocenters. The largest absolute Gasteiger partial charge is 0.497 e. The van der Waals surface area contributed by atoms with Crippen LogP contribution in [0.4, 0.5) is 16.3 Å². The number of nitrogens with one attached hydrogen (secondary N) is 1. The van der Waals surface area contributed by atoms with E-state index in [0.29, 0.717) is 38.3 Å². The number of rotatable bonds is 6. The van der Waals surface area contributed by atoms with Gasteiger partial charge in [-0.25, -0.2) is 9.78 Å². The predicted molar refractivity (Wildman–Crippen MR) is 120 cm³/mol. The molecule has 1 aliphatic rings. The van der Waals surface area contributed by atoms with Crippen LogP contribution in [-0.4, -0.2) is 67.9 Å². The van der Waals surface area contributed by atoms with Gasteiger partial charge in [0.2, 0.25) is 5.71 Å². The minimum absolute atomic E-state index is 0.163. The highest BCUT2D eigenvalue weighted by molar-refractivity contribution is 6.29. The first-order valence-corrected chi connectivity index (χ1v) is 10.5. The summed E-state index contributed by atoms with van der Waals surface area (Å²) in [5.74, 6) is 1.84. The number of aromatic nitrogens is 2. The summed E-state index contributed by atoms with van der Waals surface area (Å²) in [7, 11) is 3.24. The standard InChI is InChI=1S/C21H24ClN5O5/c1-4-31-20-18(23-16-12-17(22)32-19(16)25-20)24-21(28)27-7-5-26(6-8-27)13-9-14(29-2)11-15(10-13)30-3/h9-12H,4-8H2,1-3H3,(H,23,24,28). The molecule has 0 bridgehead atoms. The van der Waals surface area contributed by atoms with Gasteiger partial charge in [0.15, 0.2) is 11.0 Å². The molecule has 0 spiro atoms. The fraction of sp³-hybridized carbons (Fsp3) is 0.381. The number of ether oxygens (including phenoxy) is 3. The number of nitrogens with zero attached hydrogens (tertiary/aromatic N) is 4. The van der Waals surface area contributed by atoms with Crippen LogP contribution in [0.5, 0.6) is 17.4 Å². The zero-order valence-electron chi connectivity index (χ0n) is 18.1. The molecular formula is C21H24ClN5O5. The van der Waals surface area contributed by atoms with Crippen LogP contribution in [0.1, 0.15) is 6.92 Å². The van der Waals surface area contributed by atoms with Gasteiger partial charge in [-0.3, -0.25) is 5.32 Å². The number of furan rings is 1. The zero-order chi connectivity index (χ0) is 22.7. The van der Waals surface area contributed by atoms with Gasteiger partial charge in [0.05, 0.1) is 20.8 Å². The maximum Gasteiger partial charge on any atom is 0.323 e. The molecule has 10 nitrogen and oxygen atoms in total. The molecule has 0 saturated carbocycles. The van der Waals surface area contributed by atoms with Gasteiger partial charge in [-0.1, -0.05) is 0 Å². The molecule has 170 valence electrons. The maximum absolute atomic E-state index is 12.9. The monoisotopic (exact) mass is 461 g/mol. The molecule has 1 aromatic carbocycles. The van der Waals surface area contributed by atoms with Crippen LogP contribution in [0.15, 0.2) is 28.7 Å². The third-order valence-corrected chi connectivity index (χ3v) is 5.26. The lowest BCUT2D eigenvalue weighted by atomic mass is 10.2. The van der Waals surface area contributed by atoms with Gasteiger partial charge in [-0.15, -0.1) is 0 Å². The van der Waals surface area contributed by atoms with Crippen LogP contribution in [0.3, 0.4) is 0 Å². The van der Waals surface area contributed by atoms with Crippen molar-refractivity contribution >= 4 is 40.4 Å². The number of hydrogen-bond acceptors (Lipinski definition) is 8. The summed E-state index contributed by atoms with van der Waals surface area (Å²) in [6.45, 7) is 4.55. The number of fused-ring (bicyclic) bond motifs is 1. The lowest BCUT2D eigenvalue weighted by Gasteiger charge is -2.36. The van der Waals surface area contributed by atoms with Crippen molar-refractivity contribution in [3.63, 3.8) is 0 Å². The van der Waals surface area contributed by atoms with E-state index in [1.807, 2.05) is 25.1 Å². The van der Waals surface area contributed by atoms with E-state index >= 15 is 0 Å². The number of urea groups is 1. The minimum atomic E-state index is -0.280. The van der Waals surface area contributed by atoms with Crippen molar-refractivity contribution in [2.24, 2.45) is 0 Å². The molecule has 32 heavy (non-hydrogen) atoms. The van der Waals surface area contributed by atoms with Gasteiger partial charge < -0.3 is 28.4 Å². The van der Waals surface area contributed by atoms with Crippen molar-refractivity contribution in [1.82, 2.24) is 14.9 Å². The molecule has 3 heterocycles. The molecule has 4 rings (SSSR count). The molecule has 1 N–H and O–H groups in total. The second kappa shape index (κ2) is 9.39. The summed E-state index contributed by atoms with van der Waals surface area (Å²) in [6, 6.07) is 6.99. The van der Waals surface area contributed by atoms with Crippen molar-refractivity contribution in [2.75, 3.05) is 57.2 Å². The molecular weight excluding hydrogens is 438 g/mol. The Morgan fingerprint density at radius 3 is 2.41 bits per heavy atom. The molecule has 0 atom stereocenters. The van der Waals surface area contributed by atoms with Crippen LogP contribution in [-0.2, 0) is 0 Å². The summed E-state index contributed by atoms with van der Waals surface area (Å²) in [5.41, 5.74) is 1.66. The van der Waals surface area contributed by atoms with E-state index < -0.39 is 0 Å². The van der Waals surface area contributed by atoms with Crippen LogP contribution < -0.4 is 24.4 Å². The normalized spacial score (nSPS) is 13.9. The highest BCUT2D eigenvalue weighted by atomic mass is 35.5. The fourth-order valence-corrected chi connectivity index (χ4v) is 3.64. The molecule has 1 fully saturated rings. The smallest absolute Gasteiger partial charge is 0.323 e. The Kier molecular flexibility index (Phi) is 6.40. The summed E-state index contributed by atoms with van der Waals surface area (Å²) in [5, 5.41) is 2.97. The maximum atomic E-state index is 12.9. The lowest BCUT2D eigenvalue weighted by molar-refractivity contribution is 0.208. The molecule has 3 aromatic rings. The van der Waals surface area contributed by atoms with Crippen molar-refractivity contribution in [3.05, 3.63) is 29.5 Å². The Labute approximate surface area is 190 Å². The van der Waals surface area contributed by atoms with Gasteiger partial charge in [-0.05, 0) is 18.5 Å². The number of hydrogen-bond donors (Lipinski definition) is 1. The summed E-state index contributed by atoms with van der Waals surface area (Å²) >= 11 is 5.89. The molecule has 2 aromatic heterocycles. The average molecular weight is 462 g/mol. The first-order chi connectivity index (χ1) is 15.5. The molecule has 11 heteroatoms. The van der Waals surface area contributed by atoms with E-state index in [2.05, 4.69) is 20.2 Å².